The van der Waals surface area contributed by atoms with Gasteiger partial charge in [0.2, 0.25) is 0 Å². The van der Waals surface area contributed by atoms with E-state index in [4.69, 9.17) is 16.6 Å². The van der Waals surface area contributed by atoms with Crippen molar-refractivity contribution in [3.8, 4) is 5.75 Å². The quantitative estimate of drug-likeness (QED) is 0.604. The maximum atomic E-state index is 12.5. The van der Waals surface area contributed by atoms with Crippen molar-refractivity contribution in [2.45, 2.75) is 6.04 Å². The third-order valence-electron chi connectivity index (χ3n) is 1.65. The minimum atomic E-state index is -0.650. The smallest absolute Gasteiger partial charge is 0.164 e. The fourth-order valence-corrected chi connectivity index (χ4v) is 0.896. The topological polar surface area (TPSA) is 72.3 Å². The summed E-state index contributed by atoms with van der Waals surface area (Å²) >= 11 is 0. The molecule has 1 aromatic carbocycles. The Labute approximate surface area is 69.8 Å². The second kappa shape index (κ2) is 3.51. The van der Waals surface area contributed by atoms with Gasteiger partial charge in [0, 0.05) is 12.6 Å². The predicted molar refractivity (Wildman–Crippen MR) is 44.0 cm³/mol. The Morgan fingerprint density at radius 1 is 1.50 bits per heavy atom. The molecule has 1 unspecified atom stereocenters. The fraction of sp³-hybridized carbons (Fsp3) is 0.250. The van der Waals surface area contributed by atoms with Crippen LogP contribution in [-0.4, -0.2) is 11.7 Å². The van der Waals surface area contributed by atoms with E-state index < -0.39 is 11.6 Å². The molecule has 0 saturated heterocycles. The van der Waals surface area contributed by atoms with E-state index in [9.17, 15) is 4.39 Å². The lowest BCUT2D eigenvalue weighted by Gasteiger charge is -2.08. The highest BCUT2D eigenvalue weighted by atomic mass is 19.1. The van der Waals surface area contributed by atoms with Gasteiger partial charge < -0.3 is 16.6 Å². The van der Waals surface area contributed by atoms with Crippen LogP contribution in [0.25, 0.3) is 0 Å². The summed E-state index contributed by atoms with van der Waals surface area (Å²) in [4.78, 5) is 0. The highest BCUT2D eigenvalue weighted by molar-refractivity contribution is 5.30. The molecule has 12 heavy (non-hydrogen) atoms. The summed E-state index contributed by atoms with van der Waals surface area (Å²) in [6, 6.07) is 3.61. The second-order valence-corrected chi connectivity index (χ2v) is 2.55. The Balaban J connectivity index is 2.96. The highest BCUT2D eigenvalue weighted by Crippen LogP contribution is 2.19. The zero-order valence-corrected chi connectivity index (χ0v) is 6.50. The molecule has 0 radical (unpaired) electrons. The van der Waals surface area contributed by atoms with Crippen molar-refractivity contribution in [2.24, 2.45) is 11.5 Å². The number of phenols is 1. The Kier molecular flexibility index (Phi) is 2.62. The van der Waals surface area contributed by atoms with Gasteiger partial charge in [0.15, 0.2) is 11.6 Å². The van der Waals surface area contributed by atoms with E-state index in [0.29, 0.717) is 5.56 Å². The van der Waals surface area contributed by atoms with Crippen LogP contribution in [0, 0.1) is 5.82 Å². The first-order valence-electron chi connectivity index (χ1n) is 3.59. The summed E-state index contributed by atoms with van der Waals surface area (Å²) in [6.07, 6.45) is 0. The van der Waals surface area contributed by atoms with E-state index in [-0.39, 0.29) is 12.6 Å². The average molecular weight is 170 g/mol. The predicted octanol–water partition coefficient (Wildman–Crippen LogP) is 0.490. The van der Waals surface area contributed by atoms with E-state index in [2.05, 4.69) is 0 Å². The van der Waals surface area contributed by atoms with Crippen LogP contribution in [0.15, 0.2) is 18.2 Å². The largest absolute Gasteiger partial charge is 0.505 e. The van der Waals surface area contributed by atoms with E-state index >= 15 is 0 Å². The van der Waals surface area contributed by atoms with Crippen LogP contribution in [0.4, 0.5) is 4.39 Å². The second-order valence-electron chi connectivity index (χ2n) is 2.55. The molecule has 0 aliphatic carbocycles. The number of rotatable bonds is 2. The van der Waals surface area contributed by atoms with Crippen molar-refractivity contribution in [1.82, 2.24) is 0 Å². The van der Waals surface area contributed by atoms with Gasteiger partial charge in [0.05, 0.1) is 0 Å². The summed E-state index contributed by atoms with van der Waals surface area (Å²) in [5.74, 6) is -1.04. The molecule has 4 heteroatoms. The monoisotopic (exact) mass is 170 g/mol. The Morgan fingerprint density at radius 3 is 2.67 bits per heavy atom. The van der Waals surface area contributed by atoms with Crippen LogP contribution in [-0.2, 0) is 0 Å². The van der Waals surface area contributed by atoms with Crippen LogP contribution < -0.4 is 11.5 Å². The van der Waals surface area contributed by atoms with Gasteiger partial charge in [-0.1, -0.05) is 6.07 Å². The van der Waals surface area contributed by atoms with Gasteiger partial charge in [-0.15, -0.1) is 0 Å². The van der Waals surface area contributed by atoms with Crippen molar-refractivity contribution in [3.05, 3.63) is 29.6 Å². The molecule has 0 spiro atoms. The number of hydrogen-bond acceptors (Lipinski definition) is 3. The van der Waals surface area contributed by atoms with Gasteiger partial charge in [0.1, 0.15) is 0 Å². The summed E-state index contributed by atoms with van der Waals surface area (Å²) in [6.45, 7) is 0.269. The van der Waals surface area contributed by atoms with E-state index in [1.165, 1.54) is 18.2 Å². The number of hydrogen-bond donors (Lipinski definition) is 3. The standard InChI is InChI=1S/C8H11FN2O/c9-6-2-1-5(3-8(6)12)7(11)4-10/h1-3,7,12H,4,10-11H2. The third-order valence-corrected chi connectivity index (χ3v) is 1.65. The molecule has 1 atom stereocenters. The van der Waals surface area contributed by atoms with Gasteiger partial charge >= 0.3 is 0 Å². The van der Waals surface area contributed by atoms with Crippen molar-refractivity contribution in [2.75, 3.05) is 6.54 Å². The maximum Gasteiger partial charge on any atom is 0.164 e. The fourth-order valence-electron chi connectivity index (χ4n) is 0.896. The molecule has 0 aromatic heterocycles. The van der Waals surface area contributed by atoms with E-state index in [1.807, 2.05) is 0 Å². The van der Waals surface area contributed by atoms with Gasteiger partial charge in [-0.2, -0.15) is 0 Å². The van der Waals surface area contributed by atoms with Gasteiger partial charge in [-0.05, 0) is 17.7 Å². The van der Waals surface area contributed by atoms with Gasteiger partial charge in [-0.3, -0.25) is 0 Å². The lowest BCUT2D eigenvalue weighted by molar-refractivity contribution is 0.431. The Hall–Kier alpha value is -1.13. The minimum Gasteiger partial charge on any atom is -0.505 e. The number of aromatic hydroxyl groups is 1. The minimum absolute atomic E-state index is 0.269. The maximum absolute atomic E-state index is 12.5. The van der Waals surface area contributed by atoms with E-state index in [1.54, 1.807) is 0 Å². The van der Waals surface area contributed by atoms with Crippen LogP contribution in [0.1, 0.15) is 11.6 Å². The van der Waals surface area contributed by atoms with Crippen LogP contribution in [0.5, 0.6) is 5.75 Å². The molecule has 0 fully saturated rings. The summed E-state index contributed by atoms with van der Waals surface area (Å²) in [7, 11) is 0. The number of phenolic OH excluding ortho intramolecular Hbond substituents is 1. The first kappa shape index (κ1) is 8.96. The molecule has 0 bridgehead atoms. The first-order valence-corrected chi connectivity index (χ1v) is 3.59. The molecule has 0 saturated carbocycles. The molecule has 0 amide bonds. The molecule has 0 aliphatic heterocycles. The normalized spacial score (nSPS) is 12.9. The van der Waals surface area contributed by atoms with Crippen LogP contribution >= 0.6 is 0 Å². The zero-order chi connectivity index (χ0) is 9.14. The average Bonchev–Trinajstić information content (AvgIpc) is 2.08. The first-order chi connectivity index (χ1) is 5.65. The van der Waals surface area contributed by atoms with Gasteiger partial charge in [0.25, 0.3) is 0 Å². The molecule has 0 aliphatic rings. The van der Waals surface area contributed by atoms with Crippen molar-refractivity contribution in [3.63, 3.8) is 0 Å². The molecular formula is C8H11FN2O. The summed E-state index contributed by atoms with van der Waals surface area (Å²) < 4.78 is 12.5. The molecule has 0 heterocycles. The molecule has 66 valence electrons. The van der Waals surface area contributed by atoms with Crippen molar-refractivity contribution >= 4 is 0 Å². The van der Waals surface area contributed by atoms with Crippen LogP contribution in [0.2, 0.25) is 0 Å². The number of nitrogens with two attached hydrogens (primary N) is 2. The molecule has 1 rings (SSSR count). The zero-order valence-electron chi connectivity index (χ0n) is 6.50. The van der Waals surface area contributed by atoms with Crippen molar-refractivity contribution < 1.29 is 9.50 Å². The highest BCUT2D eigenvalue weighted by Gasteiger charge is 2.06. The molecular weight excluding hydrogens is 159 g/mol. The summed E-state index contributed by atoms with van der Waals surface area (Å²) in [5, 5.41) is 8.97. The summed E-state index contributed by atoms with van der Waals surface area (Å²) in [5.41, 5.74) is 11.5. The number of benzene rings is 1. The van der Waals surface area contributed by atoms with Gasteiger partial charge in [-0.25, -0.2) is 4.39 Å². The SMILES string of the molecule is NCC(N)c1ccc(F)c(O)c1. The van der Waals surface area contributed by atoms with E-state index in [0.717, 1.165) is 0 Å². The molecule has 5 N–H and O–H groups in total. The lowest BCUT2D eigenvalue weighted by atomic mass is 10.1. The third kappa shape index (κ3) is 1.72. The Morgan fingerprint density at radius 2 is 2.17 bits per heavy atom. The van der Waals surface area contributed by atoms with Crippen molar-refractivity contribution in [1.29, 1.82) is 0 Å². The lowest BCUT2D eigenvalue weighted by Crippen LogP contribution is -2.20. The van der Waals surface area contributed by atoms with Crippen LogP contribution in [0.3, 0.4) is 0 Å². The molecule has 3 nitrogen and oxygen atoms in total. The molecule has 1 aromatic rings. The number of halogens is 1. The Bertz CT molecular complexity index is 278.